The summed E-state index contributed by atoms with van der Waals surface area (Å²) in [6, 6.07) is 0. The van der Waals surface area contributed by atoms with Gasteiger partial charge < -0.3 is 4.90 Å². The van der Waals surface area contributed by atoms with Crippen LogP contribution in [0.2, 0.25) is 0 Å². The van der Waals surface area contributed by atoms with E-state index >= 15 is 0 Å². The summed E-state index contributed by atoms with van der Waals surface area (Å²) in [5, 5.41) is 5.65. The minimum Gasteiger partial charge on any atom is -0.301 e. The van der Waals surface area contributed by atoms with E-state index in [1.165, 1.54) is 38.8 Å². The van der Waals surface area contributed by atoms with Gasteiger partial charge in [0.05, 0.1) is 23.8 Å². The van der Waals surface area contributed by atoms with Gasteiger partial charge in [0.2, 0.25) is 0 Å². The zero-order chi connectivity index (χ0) is 14.5. The van der Waals surface area contributed by atoms with Gasteiger partial charge in [0, 0.05) is 6.54 Å². The fourth-order valence-electron chi connectivity index (χ4n) is 3.14. The van der Waals surface area contributed by atoms with Crippen LogP contribution in [0.1, 0.15) is 44.7 Å². The molecule has 1 aliphatic rings. The number of aromatic nitrogens is 4. The summed E-state index contributed by atoms with van der Waals surface area (Å²) in [5.41, 5.74) is 2.12. The van der Waals surface area contributed by atoms with Crippen LogP contribution >= 0.6 is 0 Å². The Labute approximate surface area is 126 Å². The molecule has 0 radical (unpaired) electrons. The van der Waals surface area contributed by atoms with Gasteiger partial charge in [0.15, 0.2) is 5.65 Å². The average Bonchev–Trinajstić information content (AvgIpc) is 2.74. The Balaban J connectivity index is 1.70. The number of likely N-dealkylation sites (tertiary alicyclic amines) is 1. The predicted molar refractivity (Wildman–Crippen MR) is 84.2 cm³/mol. The van der Waals surface area contributed by atoms with Gasteiger partial charge in [0.25, 0.3) is 0 Å². The summed E-state index contributed by atoms with van der Waals surface area (Å²) < 4.78 is 2.04. The summed E-state index contributed by atoms with van der Waals surface area (Å²) in [6.07, 6.45) is 11.1. The zero-order valence-corrected chi connectivity index (χ0v) is 13.0. The normalized spacial score (nSPS) is 17.2. The largest absolute Gasteiger partial charge is 0.301 e. The topological polar surface area (TPSA) is 46.8 Å². The lowest BCUT2D eigenvalue weighted by molar-refractivity contribution is 0.270. The smallest absolute Gasteiger partial charge is 0.161 e. The SMILES string of the molecule is CCCc1ncnc2c1cnn2CCN1CCCCCC1. The van der Waals surface area contributed by atoms with Crippen LogP contribution in [0.5, 0.6) is 0 Å². The summed E-state index contributed by atoms with van der Waals surface area (Å²) >= 11 is 0. The van der Waals surface area contributed by atoms with E-state index < -0.39 is 0 Å². The minimum absolute atomic E-state index is 0.923. The third-order valence-corrected chi connectivity index (χ3v) is 4.33. The van der Waals surface area contributed by atoms with E-state index in [0.717, 1.165) is 42.7 Å². The summed E-state index contributed by atoms with van der Waals surface area (Å²) in [4.78, 5) is 11.4. The van der Waals surface area contributed by atoms with E-state index in [9.17, 15) is 0 Å². The lowest BCUT2D eigenvalue weighted by atomic mass is 10.2. The minimum atomic E-state index is 0.923. The van der Waals surface area contributed by atoms with Gasteiger partial charge in [-0.1, -0.05) is 26.2 Å². The molecule has 0 spiro atoms. The number of rotatable bonds is 5. The lowest BCUT2D eigenvalue weighted by Gasteiger charge is -2.19. The van der Waals surface area contributed by atoms with Crippen molar-refractivity contribution in [2.45, 2.75) is 52.0 Å². The molecule has 2 aromatic heterocycles. The van der Waals surface area contributed by atoms with E-state index in [2.05, 4.69) is 26.9 Å². The molecule has 1 fully saturated rings. The number of hydrogen-bond donors (Lipinski definition) is 0. The van der Waals surface area contributed by atoms with Crippen LogP contribution in [0.4, 0.5) is 0 Å². The van der Waals surface area contributed by atoms with Gasteiger partial charge in [-0.2, -0.15) is 5.10 Å². The molecule has 3 heterocycles. The molecule has 1 saturated heterocycles. The Morgan fingerprint density at radius 3 is 2.62 bits per heavy atom. The number of nitrogens with zero attached hydrogens (tertiary/aromatic N) is 5. The van der Waals surface area contributed by atoms with Crippen LogP contribution in [-0.2, 0) is 13.0 Å². The molecule has 0 unspecified atom stereocenters. The second-order valence-corrected chi connectivity index (χ2v) is 5.93. The molecule has 114 valence electrons. The maximum absolute atomic E-state index is 4.53. The molecule has 0 bridgehead atoms. The first-order chi connectivity index (χ1) is 10.4. The van der Waals surface area contributed by atoms with E-state index in [4.69, 9.17) is 0 Å². The van der Waals surface area contributed by atoms with Crippen molar-refractivity contribution in [2.75, 3.05) is 19.6 Å². The van der Waals surface area contributed by atoms with Crippen LogP contribution in [0, 0.1) is 0 Å². The van der Waals surface area contributed by atoms with Crippen LogP contribution in [0.3, 0.4) is 0 Å². The maximum atomic E-state index is 4.53. The van der Waals surface area contributed by atoms with Crippen LogP contribution in [-0.4, -0.2) is 44.3 Å². The molecule has 0 atom stereocenters. The van der Waals surface area contributed by atoms with Crippen molar-refractivity contribution in [1.82, 2.24) is 24.6 Å². The molecule has 0 N–H and O–H groups in total. The third kappa shape index (κ3) is 3.40. The monoisotopic (exact) mass is 287 g/mol. The van der Waals surface area contributed by atoms with Gasteiger partial charge in [-0.05, 0) is 32.4 Å². The number of fused-ring (bicyclic) bond motifs is 1. The molecule has 0 aromatic carbocycles. The molecule has 3 rings (SSSR count). The quantitative estimate of drug-likeness (QED) is 0.848. The molecule has 21 heavy (non-hydrogen) atoms. The van der Waals surface area contributed by atoms with E-state index in [-0.39, 0.29) is 0 Å². The van der Waals surface area contributed by atoms with E-state index in [1.807, 2.05) is 10.9 Å². The van der Waals surface area contributed by atoms with Crippen molar-refractivity contribution in [3.63, 3.8) is 0 Å². The molecule has 2 aromatic rings. The average molecular weight is 287 g/mol. The maximum Gasteiger partial charge on any atom is 0.161 e. The van der Waals surface area contributed by atoms with Crippen molar-refractivity contribution in [2.24, 2.45) is 0 Å². The Hall–Kier alpha value is -1.49. The van der Waals surface area contributed by atoms with Crippen LogP contribution in [0.25, 0.3) is 11.0 Å². The Morgan fingerprint density at radius 1 is 1.05 bits per heavy atom. The Kier molecular flexibility index (Phi) is 4.80. The lowest BCUT2D eigenvalue weighted by Crippen LogP contribution is -2.28. The molecular weight excluding hydrogens is 262 g/mol. The molecule has 1 aliphatic heterocycles. The van der Waals surface area contributed by atoms with Crippen molar-refractivity contribution >= 4 is 11.0 Å². The summed E-state index contributed by atoms with van der Waals surface area (Å²) in [5.74, 6) is 0. The summed E-state index contributed by atoms with van der Waals surface area (Å²) in [7, 11) is 0. The first-order valence-electron chi connectivity index (χ1n) is 8.26. The van der Waals surface area contributed by atoms with E-state index in [1.54, 1.807) is 6.33 Å². The van der Waals surface area contributed by atoms with Crippen LogP contribution < -0.4 is 0 Å². The second-order valence-electron chi connectivity index (χ2n) is 5.93. The van der Waals surface area contributed by atoms with E-state index in [0.29, 0.717) is 0 Å². The van der Waals surface area contributed by atoms with Crippen molar-refractivity contribution in [3.8, 4) is 0 Å². The third-order valence-electron chi connectivity index (χ3n) is 4.33. The Morgan fingerprint density at radius 2 is 1.86 bits per heavy atom. The summed E-state index contributed by atoms with van der Waals surface area (Å²) in [6.45, 7) is 6.64. The van der Waals surface area contributed by atoms with Crippen molar-refractivity contribution < 1.29 is 0 Å². The Bertz CT molecular complexity index is 569. The highest BCUT2D eigenvalue weighted by Crippen LogP contribution is 2.16. The van der Waals surface area contributed by atoms with Crippen molar-refractivity contribution in [3.05, 3.63) is 18.2 Å². The number of hydrogen-bond acceptors (Lipinski definition) is 4. The highest BCUT2D eigenvalue weighted by atomic mass is 15.3. The zero-order valence-electron chi connectivity index (χ0n) is 13.0. The van der Waals surface area contributed by atoms with Gasteiger partial charge in [-0.3, -0.25) is 0 Å². The highest BCUT2D eigenvalue weighted by molar-refractivity contribution is 5.76. The van der Waals surface area contributed by atoms with Gasteiger partial charge in [-0.25, -0.2) is 14.6 Å². The molecule has 5 heteroatoms. The molecule has 0 aliphatic carbocycles. The first kappa shape index (κ1) is 14.4. The molecule has 0 amide bonds. The number of aryl methyl sites for hydroxylation is 1. The van der Waals surface area contributed by atoms with Gasteiger partial charge in [-0.15, -0.1) is 0 Å². The fourth-order valence-corrected chi connectivity index (χ4v) is 3.14. The van der Waals surface area contributed by atoms with Crippen molar-refractivity contribution in [1.29, 1.82) is 0 Å². The predicted octanol–water partition coefficient (Wildman–Crippen LogP) is 2.65. The van der Waals surface area contributed by atoms with Gasteiger partial charge >= 0.3 is 0 Å². The first-order valence-corrected chi connectivity index (χ1v) is 8.26. The molecular formula is C16H25N5. The fraction of sp³-hybridized carbons (Fsp3) is 0.688. The molecule has 0 saturated carbocycles. The molecule has 5 nitrogen and oxygen atoms in total. The standard InChI is InChI=1S/C16H25N5/c1-2-7-15-14-12-19-21(16(14)18-13-17-15)11-10-20-8-5-3-4-6-9-20/h12-13H,2-11H2,1H3. The van der Waals surface area contributed by atoms with Gasteiger partial charge in [0.1, 0.15) is 6.33 Å². The highest BCUT2D eigenvalue weighted by Gasteiger charge is 2.12. The van der Waals surface area contributed by atoms with Crippen LogP contribution in [0.15, 0.2) is 12.5 Å². The second kappa shape index (κ2) is 6.98.